The third-order valence-corrected chi connectivity index (χ3v) is 5.49. The molecular weight excluding hydrogens is 392 g/mol. The van der Waals surface area contributed by atoms with E-state index in [2.05, 4.69) is 33.0 Å². The molecule has 1 heterocycles. The highest BCUT2D eigenvalue weighted by Crippen LogP contribution is 2.32. The van der Waals surface area contributed by atoms with Crippen LogP contribution in [-0.4, -0.2) is 43.0 Å². The Morgan fingerprint density at radius 3 is 2.54 bits per heavy atom. The average Bonchev–Trinajstić information content (AvgIpc) is 3.11. The molecule has 2 aromatic rings. The van der Waals surface area contributed by atoms with E-state index in [1.54, 1.807) is 7.11 Å². The van der Waals surface area contributed by atoms with Crippen molar-refractivity contribution in [3.8, 4) is 5.75 Å². The van der Waals surface area contributed by atoms with Gasteiger partial charge in [0, 0.05) is 24.1 Å². The molecule has 0 saturated carbocycles. The number of likely N-dealkylation sites (tertiary alicyclic amines) is 1. The first-order valence-corrected chi connectivity index (χ1v) is 9.72. The Morgan fingerprint density at radius 2 is 1.88 bits per heavy atom. The number of carbonyl (C=O) groups is 1. The molecule has 0 radical (unpaired) electrons. The predicted molar refractivity (Wildman–Crippen MR) is 107 cm³/mol. The fraction of sp³-hybridized carbons (Fsp3) is 0.381. The second-order valence-electron chi connectivity index (χ2n) is 6.78. The third kappa shape index (κ3) is 4.65. The van der Waals surface area contributed by atoms with Gasteiger partial charge in [-0.1, -0.05) is 40.2 Å². The molecule has 26 heavy (non-hydrogen) atoms. The molecular formula is C21H25BrN2O2. The van der Waals surface area contributed by atoms with Gasteiger partial charge < -0.3 is 9.64 Å². The highest BCUT2D eigenvalue weighted by Gasteiger charge is 2.28. The fourth-order valence-electron chi connectivity index (χ4n) is 3.47. The summed E-state index contributed by atoms with van der Waals surface area (Å²) in [6.07, 6.45) is 2.22. The number of likely N-dealkylation sites (N-methyl/N-ethyl adjacent to an activating group) is 1. The van der Waals surface area contributed by atoms with Crippen LogP contribution in [0.2, 0.25) is 0 Å². The number of ether oxygens (including phenoxy) is 1. The number of methoxy groups -OCH3 is 1. The second kappa shape index (κ2) is 8.69. The average molecular weight is 417 g/mol. The summed E-state index contributed by atoms with van der Waals surface area (Å²) in [5, 5.41) is 0. The van der Waals surface area contributed by atoms with E-state index in [1.165, 1.54) is 5.56 Å². The van der Waals surface area contributed by atoms with Crippen LogP contribution in [0, 0.1) is 0 Å². The molecule has 5 heteroatoms. The van der Waals surface area contributed by atoms with Crippen molar-refractivity contribution >= 4 is 21.8 Å². The standard InChI is InChI=1S/C21H25BrN2O2/c1-23(14-16-5-9-18(22)10-6-16)21(25)15-24-13-3-4-20(24)17-7-11-19(26-2)12-8-17/h5-12,20H,3-4,13-15H2,1-2H3/t20-/m0/s1. The van der Waals surface area contributed by atoms with Crippen molar-refractivity contribution < 1.29 is 9.53 Å². The number of hydrogen-bond donors (Lipinski definition) is 0. The van der Waals surface area contributed by atoms with Gasteiger partial charge in [-0.05, 0) is 54.8 Å². The van der Waals surface area contributed by atoms with Crippen molar-refractivity contribution in [3.63, 3.8) is 0 Å². The highest BCUT2D eigenvalue weighted by atomic mass is 79.9. The van der Waals surface area contributed by atoms with E-state index in [9.17, 15) is 4.79 Å². The lowest BCUT2D eigenvalue weighted by Crippen LogP contribution is -2.37. The summed E-state index contributed by atoms with van der Waals surface area (Å²) in [5.41, 5.74) is 2.39. The summed E-state index contributed by atoms with van der Waals surface area (Å²) in [6.45, 7) is 2.06. The smallest absolute Gasteiger partial charge is 0.236 e. The van der Waals surface area contributed by atoms with Crippen LogP contribution in [0.15, 0.2) is 53.0 Å². The number of nitrogens with zero attached hydrogens (tertiary/aromatic N) is 2. The number of hydrogen-bond acceptors (Lipinski definition) is 3. The lowest BCUT2D eigenvalue weighted by Gasteiger charge is -2.27. The second-order valence-corrected chi connectivity index (χ2v) is 7.69. The van der Waals surface area contributed by atoms with E-state index in [4.69, 9.17) is 4.74 Å². The van der Waals surface area contributed by atoms with Crippen molar-refractivity contribution in [2.45, 2.75) is 25.4 Å². The maximum absolute atomic E-state index is 12.7. The molecule has 0 aliphatic carbocycles. The maximum Gasteiger partial charge on any atom is 0.236 e. The van der Waals surface area contributed by atoms with Gasteiger partial charge in [-0.25, -0.2) is 0 Å². The van der Waals surface area contributed by atoms with Crippen molar-refractivity contribution in [2.75, 3.05) is 27.2 Å². The molecule has 3 rings (SSSR count). The number of rotatable bonds is 6. The topological polar surface area (TPSA) is 32.8 Å². The molecule has 1 amide bonds. The van der Waals surface area contributed by atoms with Crippen LogP contribution in [0.25, 0.3) is 0 Å². The van der Waals surface area contributed by atoms with Crippen molar-refractivity contribution in [1.82, 2.24) is 9.80 Å². The summed E-state index contributed by atoms with van der Waals surface area (Å²) >= 11 is 3.44. The summed E-state index contributed by atoms with van der Waals surface area (Å²) in [7, 11) is 3.56. The van der Waals surface area contributed by atoms with Crippen LogP contribution < -0.4 is 4.74 Å². The van der Waals surface area contributed by atoms with Crippen LogP contribution >= 0.6 is 15.9 Å². The van der Waals surface area contributed by atoms with Crippen molar-refractivity contribution in [3.05, 3.63) is 64.1 Å². The SMILES string of the molecule is COc1ccc([C@@H]2CCCN2CC(=O)N(C)Cc2ccc(Br)cc2)cc1. The van der Waals surface area contributed by atoms with Crippen LogP contribution in [0.5, 0.6) is 5.75 Å². The summed E-state index contributed by atoms with van der Waals surface area (Å²) in [5.74, 6) is 1.02. The highest BCUT2D eigenvalue weighted by molar-refractivity contribution is 9.10. The van der Waals surface area contributed by atoms with Crippen LogP contribution in [0.4, 0.5) is 0 Å². The van der Waals surface area contributed by atoms with Crippen LogP contribution in [0.3, 0.4) is 0 Å². The lowest BCUT2D eigenvalue weighted by atomic mass is 10.0. The molecule has 0 spiro atoms. The van der Waals surface area contributed by atoms with Gasteiger partial charge in [0.15, 0.2) is 0 Å². The quantitative estimate of drug-likeness (QED) is 0.705. The van der Waals surface area contributed by atoms with Crippen molar-refractivity contribution in [2.24, 2.45) is 0 Å². The molecule has 1 aliphatic rings. The van der Waals surface area contributed by atoms with Crippen molar-refractivity contribution in [1.29, 1.82) is 0 Å². The predicted octanol–water partition coefficient (Wildman–Crippen LogP) is 4.25. The maximum atomic E-state index is 12.7. The Balaban J connectivity index is 1.60. The third-order valence-electron chi connectivity index (χ3n) is 4.96. The van der Waals surface area contributed by atoms with Gasteiger partial charge in [0.25, 0.3) is 0 Å². The number of amides is 1. The molecule has 0 N–H and O–H groups in total. The zero-order valence-electron chi connectivity index (χ0n) is 15.3. The largest absolute Gasteiger partial charge is 0.497 e. The van der Waals surface area contributed by atoms with Gasteiger partial charge >= 0.3 is 0 Å². The van der Waals surface area contributed by atoms with Gasteiger partial charge in [-0.15, -0.1) is 0 Å². The Bertz CT molecular complexity index is 731. The molecule has 2 aromatic carbocycles. The van der Waals surface area contributed by atoms with Gasteiger partial charge in [0.2, 0.25) is 5.91 Å². The Labute approximate surface area is 163 Å². The molecule has 1 atom stereocenters. The summed E-state index contributed by atoms with van der Waals surface area (Å²) in [6, 6.07) is 16.6. The van der Waals surface area contributed by atoms with Crippen LogP contribution in [-0.2, 0) is 11.3 Å². The van der Waals surface area contributed by atoms with Gasteiger partial charge in [0.1, 0.15) is 5.75 Å². The minimum Gasteiger partial charge on any atom is -0.497 e. The van der Waals surface area contributed by atoms with Crippen LogP contribution in [0.1, 0.15) is 30.0 Å². The zero-order chi connectivity index (χ0) is 18.5. The number of benzene rings is 2. The minimum atomic E-state index is 0.160. The molecule has 0 bridgehead atoms. The minimum absolute atomic E-state index is 0.160. The first-order chi connectivity index (χ1) is 12.6. The fourth-order valence-corrected chi connectivity index (χ4v) is 3.73. The number of halogens is 1. The molecule has 1 fully saturated rings. The Morgan fingerprint density at radius 1 is 1.19 bits per heavy atom. The summed E-state index contributed by atoms with van der Waals surface area (Å²) < 4.78 is 6.29. The lowest BCUT2D eigenvalue weighted by molar-refractivity contribution is -0.131. The Kier molecular flexibility index (Phi) is 6.33. The van der Waals surface area contributed by atoms with E-state index in [1.807, 2.05) is 48.3 Å². The van der Waals surface area contributed by atoms with E-state index < -0.39 is 0 Å². The van der Waals surface area contributed by atoms with E-state index in [0.29, 0.717) is 19.1 Å². The van der Waals surface area contributed by atoms with Gasteiger partial charge in [-0.2, -0.15) is 0 Å². The normalized spacial score (nSPS) is 17.3. The first kappa shape index (κ1) is 18.9. The molecule has 1 aliphatic heterocycles. The zero-order valence-corrected chi connectivity index (χ0v) is 16.9. The molecule has 138 valence electrons. The van der Waals surface area contributed by atoms with Gasteiger partial charge in [0.05, 0.1) is 13.7 Å². The van der Waals surface area contributed by atoms with E-state index in [0.717, 1.165) is 35.2 Å². The molecule has 0 aromatic heterocycles. The van der Waals surface area contributed by atoms with E-state index >= 15 is 0 Å². The number of carbonyl (C=O) groups excluding carboxylic acids is 1. The molecule has 4 nitrogen and oxygen atoms in total. The van der Waals surface area contributed by atoms with E-state index in [-0.39, 0.29) is 5.91 Å². The molecule has 0 unspecified atom stereocenters. The molecule has 1 saturated heterocycles. The first-order valence-electron chi connectivity index (χ1n) is 8.93. The monoisotopic (exact) mass is 416 g/mol. The summed E-state index contributed by atoms with van der Waals surface area (Å²) in [4.78, 5) is 16.8. The van der Waals surface area contributed by atoms with Gasteiger partial charge in [-0.3, -0.25) is 9.69 Å². The Hall–Kier alpha value is -1.85.